The van der Waals surface area contributed by atoms with E-state index in [9.17, 15) is 13.6 Å². The predicted molar refractivity (Wildman–Crippen MR) is 63.3 cm³/mol. The number of carbonyl (C=O) groups excluding carboxylic acids is 1. The van der Waals surface area contributed by atoms with Crippen LogP contribution >= 0.6 is 31.9 Å². The molecule has 0 atom stereocenters. The second kappa shape index (κ2) is 6.30. The molecule has 0 radical (unpaired) electrons. The number of Topliss-reactive ketones (excluding diaryl/α,β-unsaturated/α-hetero) is 1. The van der Waals surface area contributed by atoms with Gasteiger partial charge in [-0.15, -0.1) is 0 Å². The second-order valence-corrected chi connectivity index (χ2v) is 4.40. The summed E-state index contributed by atoms with van der Waals surface area (Å²) < 4.78 is 28.6. The van der Waals surface area contributed by atoms with Crippen LogP contribution in [0, 0.1) is 0 Å². The van der Waals surface area contributed by atoms with Crippen LogP contribution in [0.4, 0.5) is 8.78 Å². The molecule has 0 aliphatic heterocycles. The summed E-state index contributed by atoms with van der Waals surface area (Å²) in [5.74, 6) is 0.0835. The summed E-state index contributed by atoms with van der Waals surface area (Å²) in [6.45, 7) is -2.85. The third kappa shape index (κ3) is 4.17. The smallest absolute Gasteiger partial charge is 0.387 e. The van der Waals surface area contributed by atoms with Gasteiger partial charge in [-0.2, -0.15) is 8.78 Å². The Morgan fingerprint density at radius 2 is 2.12 bits per heavy atom. The molecule has 6 heteroatoms. The van der Waals surface area contributed by atoms with Crippen LogP contribution in [0.25, 0.3) is 0 Å². The Hall–Kier alpha value is -0.490. The van der Waals surface area contributed by atoms with E-state index in [1.54, 1.807) is 6.07 Å². The summed E-state index contributed by atoms with van der Waals surface area (Å²) in [5, 5.41) is 0.273. The van der Waals surface area contributed by atoms with Gasteiger partial charge in [-0.25, -0.2) is 0 Å². The topological polar surface area (TPSA) is 26.3 Å². The minimum absolute atomic E-state index is 0.0169. The van der Waals surface area contributed by atoms with Crippen LogP contribution in [-0.2, 0) is 11.2 Å². The van der Waals surface area contributed by atoms with Crippen molar-refractivity contribution in [2.75, 3.05) is 5.33 Å². The van der Waals surface area contributed by atoms with E-state index in [4.69, 9.17) is 0 Å². The van der Waals surface area contributed by atoms with Crippen LogP contribution in [-0.4, -0.2) is 17.7 Å². The van der Waals surface area contributed by atoms with Crippen molar-refractivity contribution in [1.29, 1.82) is 0 Å². The molecule has 0 heterocycles. The Morgan fingerprint density at radius 1 is 1.44 bits per heavy atom. The number of alkyl halides is 3. The van der Waals surface area contributed by atoms with Crippen molar-refractivity contribution in [2.45, 2.75) is 13.0 Å². The molecule has 16 heavy (non-hydrogen) atoms. The molecule has 0 N–H and O–H groups in total. The lowest BCUT2D eigenvalue weighted by Crippen LogP contribution is -2.05. The average Bonchev–Trinajstić information content (AvgIpc) is 2.21. The van der Waals surface area contributed by atoms with Crippen molar-refractivity contribution in [3.8, 4) is 5.75 Å². The van der Waals surface area contributed by atoms with Crippen LogP contribution in [0.3, 0.4) is 0 Å². The van der Waals surface area contributed by atoms with E-state index in [0.29, 0.717) is 4.47 Å². The van der Waals surface area contributed by atoms with Gasteiger partial charge in [0.1, 0.15) is 11.5 Å². The molecule has 1 rings (SSSR count). The molecule has 0 unspecified atom stereocenters. The Bertz CT molecular complexity index is 383. The standard InChI is InChI=1S/C10H8Br2F2O2/c11-5-7(15)3-6-1-2-8(4-9(6)12)16-10(13)14/h1-2,4,10H,3,5H2. The lowest BCUT2D eigenvalue weighted by atomic mass is 10.1. The van der Waals surface area contributed by atoms with Gasteiger partial charge >= 0.3 is 6.61 Å². The number of benzene rings is 1. The molecule has 0 spiro atoms. The number of rotatable bonds is 5. The molecule has 0 saturated carbocycles. The maximum Gasteiger partial charge on any atom is 0.387 e. The molecule has 2 nitrogen and oxygen atoms in total. The quantitative estimate of drug-likeness (QED) is 0.753. The van der Waals surface area contributed by atoms with Gasteiger partial charge in [0, 0.05) is 10.9 Å². The second-order valence-electron chi connectivity index (χ2n) is 2.98. The monoisotopic (exact) mass is 356 g/mol. The highest BCUT2D eigenvalue weighted by Crippen LogP contribution is 2.24. The molecule has 1 aromatic carbocycles. The SMILES string of the molecule is O=C(CBr)Cc1ccc(OC(F)F)cc1Br. The van der Waals surface area contributed by atoms with E-state index in [1.807, 2.05) is 0 Å². The summed E-state index contributed by atoms with van der Waals surface area (Å²) in [4.78, 5) is 11.2. The zero-order valence-corrected chi connectivity index (χ0v) is 11.2. The molecule has 0 aliphatic rings. The molecular weight excluding hydrogens is 350 g/mol. The Kier molecular flexibility index (Phi) is 5.34. The first-order valence-corrected chi connectivity index (χ1v) is 6.25. The average molecular weight is 358 g/mol. The fourth-order valence-electron chi connectivity index (χ4n) is 1.11. The Balaban J connectivity index is 2.79. The van der Waals surface area contributed by atoms with E-state index < -0.39 is 6.61 Å². The van der Waals surface area contributed by atoms with E-state index >= 15 is 0 Å². The highest BCUT2D eigenvalue weighted by Gasteiger charge is 2.09. The zero-order chi connectivity index (χ0) is 12.1. The van der Waals surface area contributed by atoms with E-state index in [-0.39, 0.29) is 23.3 Å². The molecule has 0 aliphatic carbocycles. The van der Waals surface area contributed by atoms with Crippen LogP contribution in [0.5, 0.6) is 5.75 Å². The minimum Gasteiger partial charge on any atom is -0.435 e. The van der Waals surface area contributed by atoms with Gasteiger partial charge in [-0.1, -0.05) is 37.9 Å². The summed E-state index contributed by atoms with van der Waals surface area (Å²) in [6.07, 6.45) is 0.251. The van der Waals surface area contributed by atoms with Gasteiger partial charge in [0.15, 0.2) is 0 Å². The Labute approximate surface area is 108 Å². The van der Waals surface area contributed by atoms with Gasteiger partial charge in [0.05, 0.1) is 5.33 Å². The molecule has 0 amide bonds. The Morgan fingerprint density at radius 3 is 2.62 bits per heavy atom. The van der Waals surface area contributed by atoms with Crippen LogP contribution in [0.1, 0.15) is 5.56 Å². The maximum absolute atomic E-state index is 11.9. The first-order valence-electron chi connectivity index (χ1n) is 4.34. The molecule has 88 valence electrons. The molecule has 0 saturated heterocycles. The summed E-state index contributed by atoms with van der Waals surface area (Å²) >= 11 is 6.26. The largest absolute Gasteiger partial charge is 0.435 e. The van der Waals surface area contributed by atoms with Crippen molar-refractivity contribution in [1.82, 2.24) is 0 Å². The number of hydrogen-bond donors (Lipinski definition) is 0. The third-order valence-electron chi connectivity index (χ3n) is 1.79. The van der Waals surface area contributed by atoms with Gasteiger partial charge in [-0.3, -0.25) is 4.79 Å². The van der Waals surface area contributed by atoms with Crippen molar-refractivity contribution in [3.63, 3.8) is 0 Å². The molecule has 0 fully saturated rings. The normalized spacial score (nSPS) is 10.6. The summed E-state index contributed by atoms with van der Waals surface area (Å²) in [7, 11) is 0. The number of halogens is 4. The fraction of sp³-hybridized carbons (Fsp3) is 0.300. The number of ether oxygens (including phenoxy) is 1. The first-order chi connectivity index (χ1) is 7.52. The van der Waals surface area contributed by atoms with Crippen LogP contribution in [0.2, 0.25) is 0 Å². The maximum atomic E-state index is 11.9. The third-order valence-corrected chi connectivity index (χ3v) is 3.15. The lowest BCUT2D eigenvalue weighted by Gasteiger charge is -2.07. The van der Waals surface area contributed by atoms with Gasteiger partial charge in [0.25, 0.3) is 0 Å². The minimum atomic E-state index is -2.85. The molecule has 1 aromatic rings. The first kappa shape index (κ1) is 13.6. The lowest BCUT2D eigenvalue weighted by molar-refractivity contribution is -0.115. The number of carbonyl (C=O) groups is 1. The van der Waals surface area contributed by atoms with Crippen molar-refractivity contribution in [3.05, 3.63) is 28.2 Å². The summed E-state index contributed by atoms with van der Waals surface area (Å²) in [6, 6.07) is 4.42. The van der Waals surface area contributed by atoms with Gasteiger partial charge in [-0.05, 0) is 17.7 Å². The van der Waals surface area contributed by atoms with Crippen molar-refractivity contribution >= 4 is 37.6 Å². The van der Waals surface area contributed by atoms with E-state index in [2.05, 4.69) is 36.6 Å². The number of hydrogen-bond acceptors (Lipinski definition) is 2. The predicted octanol–water partition coefficient (Wildman–Crippen LogP) is 3.56. The summed E-state index contributed by atoms with van der Waals surface area (Å²) in [5.41, 5.74) is 0.742. The van der Waals surface area contributed by atoms with Crippen molar-refractivity contribution < 1.29 is 18.3 Å². The molecule has 0 aromatic heterocycles. The van der Waals surface area contributed by atoms with Crippen LogP contribution < -0.4 is 4.74 Å². The highest BCUT2D eigenvalue weighted by atomic mass is 79.9. The van der Waals surface area contributed by atoms with Crippen molar-refractivity contribution in [2.24, 2.45) is 0 Å². The van der Waals surface area contributed by atoms with Crippen LogP contribution in [0.15, 0.2) is 22.7 Å². The fourth-order valence-corrected chi connectivity index (χ4v) is 1.80. The van der Waals surface area contributed by atoms with Gasteiger partial charge < -0.3 is 4.74 Å². The number of ketones is 1. The molecule has 0 bridgehead atoms. The van der Waals surface area contributed by atoms with E-state index in [1.165, 1.54) is 12.1 Å². The zero-order valence-electron chi connectivity index (χ0n) is 8.05. The van der Waals surface area contributed by atoms with E-state index in [0.717, 1.165) is 5.56 Å². The molecular formula is C10H8Br2F2O2. The highest BCUT2D eigenvalue weighted by molar-refractivity contribution is 9.10. The van der Waals surface area contributed by atoms with Gasteiger partial charge in [0.2, 0.25) is 0 Å².